The van der Waals surface area contributed by atoms with E-state index < -0.39 is 6.04 Å². The maximum atomic E-state index is 13.1. The number of nitrogens with one attached hydrogen (secondary N) is 2. The number of nitrogens with zero attached hydrogens (tertiary/aromatic N) is 1. The number of rotatable bonds is 10. The molecule has 0 spiro atoms. The molecule has 38 heavy (non-hydrogen) atoms. The van der Waals surface area contributed by atoms with Gasteiger partial charge in [0.1, 0.15) is 6.04 Å². The number of carbonyl (C=O) groups excluding carboxylic acids is 3. The average Bonchev–Trinajstić information content (AvgIpc) is 3.44. The lowest BCUT2D eigenvalue weighted by atomic mass is 10.0. The third-order valence-electron chi connectivity index (χ3n) is 6.66. The molecule has 3 amide bonds. The molecule has 1 aliphatic heterocycles. The van der Waals surface area contributed by atoms with Crippen LogP contribution in [-0.2, 0) is 27.2 Å². The quantitative estimate of drug-likeness (QED) is 0.383. The second-order valence-electron chi connectivity index (χ2n) is 9.51. The Morgan fingerprint density at radius 3 is 2.42 bits per heavy atom. The fraction of sp³-hybridized carbons (Fsp3) is 0.387. The topological polar surface area (TPSA) is 105 Å². The largest absolute Gasteiger partial charge is 0.354 e. The lowest BCUT2D eigenvalue weighted by Gasteiger charge is -2.24. The van der Waals surface area contributed by atoms with Crippen molar-refractivity contribution >= 4 is 28.5 Å². The van der Waals surface area contributed by atoms with E-state index >= 15 is 0 Å². The molecule has 7 nitrogen and oxygen atoms in total. The minimum absolute atomic E-state index is 0.0590. The molecule has 7 heteroatoms. The summed E-state index contributed by atoms with van der Waals surface area (Å²) in [4.78, 5) is 39.6. The number of carbonyl (C=O) groups is 3. The molecule has 0 radical (unpaired) electrons. The predicted molar refractivity (Wildman–Crippen MR) is 153 cm³/mol. The molecule has 0 saturated carbocycles. The second kappa shape index (κ2) is 15.5. The van der Waals surface area contributed by atoms with Gasteiger partial charge in [-0.25, -0.2) is 0 Å². The van der Waals surface area contributed by atoms with Crippen LogP contribution in [-0.4, -0.2) is 54.8 Å². The standard InChI is InChI=1S/C27H29N3O3.C4H11N/c31-25(28-16-15-20-8-2-1-3-9-20)19-29-27(33)24-14-7-17-30(24)26(32)18-22-12-6-11-21-10-4-5-13-23(21)22;1-2-3-4-5/h1-6,8-13,24H,7,14-19H2,(H,28,31)(H,29,33);2-5H2,1H3. The fourth-order valence-electron chi connectivity index (χ4n) is 4.59. The van der Waals surface area contributed by atoms with E-state index in [0.717, 1.165) is 41.3 Å². The van der Waals surface area contributed by atoms with Gasteiger partial charge in [0.2, 0.25) is 17.7 Å². The van der Waals surface area contributed by atoms with E-state index in [-0.39, 0.29) is 30.7 Å². The molecule has 1 atom stereocenters. The van der Waals surface area contributed by atoms with E-state index in [1.807, 2.05) is 72.8 Å². The van der Waals surface area contributed by atoms with E-state index in [0.29, 0.717) is 19.5 Å². The number of fused-ring (bicyclic) bond motifs is 1. The summed E-state index contributed by atoms with van der Waals surface area (Å²) >= 11 is 0. The van der Waals surface area contributed by atoms with Crippen LogP contribution in [0.5, 0.6) is 0 Å². The van der Waals surface area contributed by atoms with E-state index in [1.165, 1.54) is 12.8 Å². The molecular weight excluding hydrogens is 476 g/mol. The summed E-state index contributed by atoms with van der Waals surface area (Å²) in [5.74, 6) is -0.556. The van der Waals surface area contributed by atoms with Crippen molar-refractivity contribution in [2.45, 2.75) is 51.5 Å². The van der Waals surface area contributed by atoms with Crippen LogP contribution in [0.15, 0.2) is 72.8 Å². The van der Waals surface area contributed by atoms with E-state index in [9.17, 15) is 14.4 Å². The normalized spacial score (nSPS) is 14.5. The van der Waals surface area contributed by atoms with Gasteiger partial charge in [-0.1, -0.05) is 86.1 Å². The molecule has 1 saturated heterocycles. The van der Waals surface area contributed by atoms with Gasteiger partial charge in [0.05, 0.1) is 13.0 Å². The van der Waals surface area contributed by atoms with Crippen molar-refractivity contribution in [2.75, 3.05) is 26.2 Å². The Balaban J connectivity index is 0.000000732. The first-order chi connectivity index (χ1) is 18.5. The minimum Gasteiger partial charge on any atom is -0.354 e. The Hall–Kier alpha value is -3.71. The third kappa shape index (κ3) is 8.70. The van der Waals surface area contributed by atoms with Crippen LogP contribution < -0.4 is 16.4 Å². The molecular formula is C31H40N4O3. The first-order valence-electron chi connectivity index (χ1n) is 13.6. The van der Waals surface area contributed by atoms with Crippen LogP contribution in [0.1, 0.15) is 43.7 Å². The maximum Gasteiger partial charge on any atom is 0.243 e. The van der Waals surface area contributed by atoms with Gasteiger partial charge in [-0.2, -0.15) is 0 Å². The Morgan fingerprint density at radius 2 is 1.68 bits per heavy atom. The number of benzene rings is 3. The molecule has 1 heterocycles. The number of hydrogen-bond acceptors (Lipinski definition) is 4. The SMILES string of the molecule is CCCCN.O=C(CNC(=O)C1CCCN1C(=O)Cc1cccc2ccccc12)NCCc1ccccc1. The molecule has 1 unspecified atom stereocenters. The lowest BCUT2D eigenvalue weighted by molar-refractivity contribution is -0.138. The molecule has 4 N–H and O–H groups in total. The summed E-state index contributed by atoms with van der Waals surface area (Å²) < 4.78 is 0. The molecule has 202 valence electrons. The zero-order valence-corrected chi connectivity index (χ0v) is 22.3. The maximum absolute atomic E-state index is 13.1. The smallest absolute Gasteiger partial charge is 0.243 e. The van der Waals surface area contributed by atoms with Crippen LogP contribution >= 0.6 is 0 Å². The van der Waals surface area contributed by atoms with Crippen LogP contribution in [0.25, 0.3) is 10.8 Å². The summed E-state index contributed by atoms with van der Waals surface area (Å²) in [5.41, 5.74) is 7.25. The minimum atomic E-state index is -0.524. The highest BCUT2D eigenvalue weighted by molar-refractivity contribution is 5.94. The highest BCUT2D eigenvalue weighted by atomic mass is 16.2. The van der Waals surface area contributed by atoms with Gasteiger partial charge in [0, 0.05) is 13.1 Å². The van der Waals surface area contributed by atoms with Crippen molar-refractivity contribution in [1.29, 1.82) is 0 Å². The van der Waals surface area contributed by atoms with Crippen molar-refractivity contribution in [3.63, 3.8) is 0 Å². The summed E-state index contributed by atoms with van der Waals surface area (Å²) in [6.45, 7) is 3.96. The van der Waals surface area contributed by atoms with Crippen LogP contribution in [0, 0.1) is 0 Å². The van der Waals surface area contributed by atoms with Crippen LogP contribution in [0.3, 0.4) is 0 Å². The van der Waals surface area contributed by atoms with Gasteiger partial charge in [-0.3, -0.25) is 14.4 Å². The number of likely N-dealkylation sites (tertiary alicyclic amines) is 1. The molecule has 1 aliphatic rings. The van der Waals surface area contributed by atoms with Crippen molar-refractivity contribution in [3.05, 3.63) is 83.9 Å². The first kappa shape index (κ1) is 28.9. The Labute approximate surface area is 225 Å². The number of nitrogens with two attached hydrogens (primary N) is 1. The van der Waals surface area contributed by atoms with Crippen LogP contribution in [0.2, 0.25) is 0 Å². The van der Waals surface area contributed by atoms with Crippen molar-refractivity contribution in [1.82, 2.24) is 15.5 Å². The van der Waals surface area contributed by atoms with Crippen molar-refractivity contribution in [2.24, 2.45) is 5.73 Å². The number of hydrogen-bond donors (Lipinski definition) is 3. The number of amides is 3. The summed E-state index contributed by atoms with van der Waals surface area (Å²) in [7, 11) is 0. The zero-order valence-electron chi connectivity index (χ0n) is 22.3. The molecule has 1 fully saturated rings. The molecule has 3 aromatic rings. The average molecular weight is 517 g/mol. The summed E-state index contributed by atoms with van der Waals surface area (Å²) in [5, 5.41) is 7.68. The zero-order chi connectivity index (χ0) is 27.2. The van der Waals surface area contributed by atoms with Crippen molar-refractivity contribution in [3.8, 4) is 0 Å². The predicted octanol–water partition coefficient (Wildman–Crippen LogP) is 3.59. The van der Waals surface area contributed by atoms with Gasteiger partial charge < -0.3 is 21.3 Å². The molecule has 0 bridgehead atoms. The Morgan fingerprint density at radius 1 is 0.947 bits per heavy atom. The molecule has 3 aromatic carbocycles. The first-order valence-corrected chi connectivity index (χ1v) is 13.6. The van der Waals surface area contributed by atoms with Gasteiger partial charge in [-0.05, 0) is 54.1 Å². The monoisotopic (exact) mass is 516 g/mol. The Kier molecular flexibility index (Phi) is 11.8. The number of unbranched alkanes of at least 4 members (excludes halogenated alkanes) is 1. The fourth-order valence-corrected chi connectivity index (χ4v) is 4.59. The molecule has 0 aromatic heterocycles. The summed E-state index contributed by atoms with van der Waals surface area (Å²) in [6.07, 6.45) is 4.77. The highest BCUT2D eigenvalue weighted by Crippen LogP contribution is 2.22. The molecule has 4 rings (SSSR count). The third-order valence-corrected chi connectivity index (χ3v) is 6.66. The van der Waals surface area contributed by atoms with Gasteiger partial charge >= 0.3 is 0 Å². The Bertz CT molecular complexity index is 1170. The summed E-state index contributed by atoms with van der Waals surface area (Å²) in [6, 6.07) is 23.3. The lowest BCUT2D eigenvalue weighted by Crippen LogP contribution is -2.48. The van der Waals surface area contributed by atoms with E-state index in [1.54, 1.807) is 4.90 Å². The van der Waals surface area contributed by atoms with E-state index in [4.69, 9.17) is 5.73 Å². The second-order valence-corrected chi connectivity index (χ2v) is 9.51. The van der Waals surface area contributed by atoms with Gasteiger partial charge in [0.25, 0.3) is 0 Å². The van der Waals surface area contributed by atoms with E-state index in [2.05, 4.69) is 17.6 Å². The molecule has 0 aliphatic carbocycles. The van der Waals surface area contributed by atoms with Crippen LogP contribution in [0.4, 0.5) is 0 Å². The van der Waals surface area contributed by atoms with Crippen molar-refractivity contribution < 1.29 is 14.4 Å². The van der Waals surface area contributed by atoms with Gasteiger partial charge in [0.15, 0.2) is 0 Å². The van der Waals surface area contributed by atoms with Gasteiger partial charge in [-0.15, -0.1) is 0 Å². The highest BCUT2D eigenvalue weighted by Gasteiger charge is 2.34.